The summed E-state index contributed by atoms with van der Waals surface area (Å²) in [5, 5.41) is 12.2. The van der Waals surface area contributed by atoms with Crippen molar-refractivity contribution >= 4 is 11.4 Å². The summed E-state index contributed by atoms with van der Waals surface area (Å²) in [6, 6.07) is 13.1. The Morgan fingerprint density at radius 2 is 1.61 bits per heavy atom. The van der Waals surface area contributed by atoms with Crippen molar-refractivity contribution in [2.75, 3.05) is 18.1 Å². The Kier molecular flexibility index (Phi) is 8.88. The Morgan fingerprint density at radius 3 is 2.25 bits per heavy atom. The molecular formula is C25H35N3. The average molecular weight is 378 g/mol. The Morgan fingerprint density at radius 1 is 0.929 bits per heavy atom. The molecule has 0 spiro atoms. The van der Waals surface area contributed by atoms with Crippen molar-refractivity contribution in [2.24, 2.45) is 0 Å². The Hall–Kier alpha value is -2.47. The molecule has 0 fully saturated rings. The molecule has 2 aromatic carbocycles. The first-order chi connectivity index (χ1) is 13.6. The quantitative estimate of drug-likeness (QED) is 0.469. The molecule has 0 saturated carbocycles. The number of aryl methyl sites for hydroxylation is 1. The molecule has 150 valence electrons. The van der Waals surface area contributed by atoms with Gasteiger partial charge in [0.15, 0.2) is 0 Å². The second-order valence-corrected chi connectivity index (χ2v) is 7.55. The van der Waals surface area contributed by atoms with Gasteiger partial charge in [-0.1, -0.05) is 44.9 Å². The van der Waals surface area contributed by atoms with Crippen LogP contribution in [0.3, 0.4) is 0 Å². The normalized spacial score (nSPS) is 10.6. The average Bonchev–Trinajstić information content (AvgIpc) is 2.72. The first-order valence-electron chi connectivity index (χ1n) is 10.7. The SMILES string of the molecule is CCCCc1c(N)ccc(Cc2ccc(CCC#N)cc2NC)c1CCCC. The van der Waals surface area contributed by atoms with Crippen LogP contribution < -0.4 is 11.1 Å². The van der Waals surface area contributed by atoms with Gasteiger partial charge < -0.3 is 11.1 Å². The Bertz CT molecular complexity index is 802. The zero-order valence-electron chi connectivity index (χ0n) is 17.8. The zero-order valence-corrected chi connectivity index (χ0v) is 17.8. The van der Waals surface area contributed by atoms with Gasteiger partial charge in [0.25, 0.3) is 0 Å². The monoisotopic (exact) mass is 377 g/mol. The number of rotatable bonds is 11. The summed E-state index contributed by atoms with van der Waals surface area (Å²) in [5.41, 5.74) is 15.2. The summed E-state index contributed by atoms with van der Waals surface area (Å²) in [4.78, 5) is 0. The van der Waals surface area contributed by atoms with E-state index in [-0.39, 0.29) is 0 Å². The van der Waals surface area contributed by atoms with E-state index in [1.165, 1.54) is 53.5 Å². The van der Waals surface area contributed by atoms with Crippen LogP contribution >= 0.6 is 0 Å². The van der Waals surface area contributed by atoms with Crippen LogP contribution in [0.4, 0.5) is 11.4 Å². The number of benzene rings is 2. The smallest absolute Gasteiger partial charge is 0.0625 e. The molecule has 2 aromatic rings. The standard InChI is InChI=1S/C25H35N3/c1-4-6-10-22-20(14-15-24(27)23(22)11-7-5-2)18-21-13-12-19(9-8-16-26)17-25(21)28-3/h12-15,17,28H,4-11,18,27H2,1-3H3. The van der Waals surface area contributed by atoms with Crippen LogP contribution in [0, 0.1) is 11.3 Å². The number of hydrogen-bond donors (Lipinski definition) is 2. The number of unbranched alkanes of at least 4 members (excludes halogenated alkanes) is 2. The van der Waals surface area contributed by atoms with E-state index in [1.807, 2.05) is 7.05 Å². The maximum absolute atomic E-state index is 8.84. The third-order valence-electron chi connectivity index (χ3n) is 5.48. The number of nitrogen functional groups attached to an aromatic ring is 1. The first-order valence-corrected chi connectivity index (χ1v) is 10.7. The summed E-state index contributed by atoms with van der Waals surface area (Å²) in [6.07, 6.45) is 9.20. The molecule has 0 bridgehead atoms. The molecule has 2 rings (SSSR count). The minimum atomic E-state index is 0.558. The highest BCUT2D eigenvalue weighted by atomic mass is 14.8. The van der Waals surface area contributed by atoms with Crippen molar-refractivity contribution in [3.05, 3.63) is 58.1 Å². The summed E-state index contributed by atoms with van der Waals surface area (Å²) < 4.78 is 0. The fourth-order valence-electron chi connectivity index (χ4n) is 3.81. The number of nitrogens with two attached hydrogens (primary N) is 1. The fraction of sp³-hybridized carbons (Fsp3) is 0.480. The molecule has 28 heavy (non-hydrogen) atoms. The summed E-state index contributed by atoms with van der Waals surface area (Å²) in [6.45, 7) is 4.48. The van der Waals surface area contributed by atoms with Gasteiger partial charge in [0.05, 0.1) is 6.07 Å². The second-order valence-electron chi connectivity index (χ2n) is 7.55. The van der Waals surface area contributed by atoms with E-state index in [4.69, 9.17) is 11.0 Å². The van der Waals surface area contributed by atoms with Crippen molar-refractivity contribution in [1.29, 1.82) is 5.26 Å². The second kappa shape index (κ2) is 11.4. The summed E-state index contributed by atoms with van der Waals surface area (Å²) in [5.74, 6) is 0. The lowest BCUT2D eigenvalue weighted by molar-refractivity contribution is 0.753. The third-order valence-corrected chi connectivity index (χ3v) is 5.48. The largest absolute Gasteiger partial charge is 0.398 e. The molecule has 3 N–H and O–H groups in total. The topological polar surface area (TPSA) is 61.8 Å². The molecule has 3 heteroatoms. The predicted molar refractivity (Wildman–Crippen MR) is 121 cm³/mol. The van der Waals surface area contributed by atoms with Gasteiger partial charge in [-0.25, -0.2) is 0 Å². The van der Waals surface area contributed by atoms with E-state index in [0.717, 1.165) is 37.1 Å². The van der Waals surface area contributed by atoms with E-state index in [1.54, 1.807) is 0 Å². The van der Waals surface area contributed by atoms with Gasteiger partial charge in [-0.3, -0.25) is 0 Å². The van der Waals surface area contributed by atoms with Crippen LogP contribution in [0.2, 0.25) is 0 Å². The van der Waals surface area contributed by atoms with Gasteiger partial charge in [0.1, 0.15) is 0 Å². The molecule has 3 nitrogen and oxygen atoms in total. The highest BCUT2D eigenvalue weighted by Crippen LogP contribution is 2.29. The van der Waals surface area contributed by atoms with Gasteiger partial charge in [0.2, 0.25) is 0 Å². The molecular weight excluding hydrogens is 342 g/mol. The van der Waals surface area contributed by atoms with Crippen LogP contribution in [0.15, 0.2) is 30.3 Å². The van der Waals surface area contributed by atoms with Crippen LogP contribution in [0.5, 0.6) is 0 Å². The molecule has 0 radical (unpaired) electrons. The number of anilines is 2. The van der Waals surface area contributed by atoms with E-state index >= 15 is 0 Å². The van der Waals surface area contributed by atoms with E-state index in [0.29, 0.717) is 6.42 Å². The maximum atomic E-state index is 8.84. The number of nitrogens with zero attached hydrogens (tertiary/aromatic N) is 1. The van der Waals surface area contributed by atoms with Gasteiger partial charge in [0, 0.05) is 24.8 Å². The predicted octanol–water partition coefficient (Wildman–Crippen LogP) is 6.04. The molecule has 0 aliphatic rings. The highest BCUT2D eigenvalue weighted by molar-refractivity contribution is 5.58. The zero-order chi connectivity index (χ0) is 20.4. The van der Waals surface area contributed by atoms with Gasteiger partial charge in [-0.15, -0.1) is 0 Å². The third kappa shape index (κ3) is 5.76. The molecule has 0 aliphatic carbocycles. The van der Waals surface area contributed by atoms with E-state index < -0.39 is 0 Å². The minimum Gasteiger partial charge on any atom is -0.398 e. The molecule has 0 atom stereocenters. The van der Waals surface area contributed by atoms with E-state index in [9.17, 15) is 0 Å². The molecule has 0 amide bonds. The van der Waals surface area contributed by atoms with Crippen LogP contribution in [-0.4, -0.2) is 7.05 Å². The number of hydrogen-bond acceptors (Lipinski definition) is 3. The van der Waals surface area contributed by atoms with Crippen molar-refractivity contribution in [1.82, 2.24) is 0 Å². The van der Waals surface area contributed by atoms with Gasteiger partial charge >= 0.3 is 0 Å². The van der Waals surface area contributed by atoms with Gasteiger partial charge in [-0.05, 0) is 78.5 Å². The van der Waals surface area contributed by atoms with Crippen molar-refractivity contribution in [2.45, 2.75) is 71.6 Å². The minimum absolute atomic E-state index is 0.558. The first kappa shape index (κ1) is 21.8. The van der Waals surface area contributed by atoms with E-state index in [2.05, 4.69) is 55.6 Å². The molecule has 0 heterocycles. The van der Waals surface area contributed by atoms with Crippen molar-refractivity contribution in [3.8, 4) is 6.07 Å². The number of nitrogens with one attached hydrogen (secondary N) is 1. The lowest BCUT2D eigenvalue weighted by Gasteiger charge is -2.19. The molecule has 0 aliphatic heterocycles. The Labute approximate surface area is 171 Å². The molecule has 0 aromatic heterocycles. The molecule has 0 saturated heterocycles. The maximum Gasteiger partial charge on any atom is 0.0625 e. The lowest BCUT2D eigenvalue weighted by Crippen LogP contribution is -2.07. The van der Waals surface area contributed by atoms with Crippen molar-refractivity contribution < 1.29 is 0 Å². The Balaban J connectivity index is 2.37. The summed E-state index contributed by atoms with van der Waals surface area (Å²) >= 11 is 0. The van der Waals surface area contributed by atoms with Crippen LogP contribution in [-0.2, 0) is 25.7 Å². The van der Waals surface area contributed by atoms with Gasteiger partial charge in [-0.2, -0.15) is 5.26 Å². The van der Waals surface area contributed by atoms with Crippen LogP contribution in [0.1, 0.15) is 73.8 Å². The number of nitriles is 1. The summed E-state index contributed by atoms with van der Waals surface area (Å²) in [7, 11) is 1.97. The highest BCUT2D eigenvalue weighted by Gasteiger charge is 2.13. The molecule has 0 unspecified atom stereocenters. The lowest BCUT2D eigenvalue weighted by atomic mass is 9.88. The van der Waals surface area contributed by atoms with Crippen molar-refractivity contribution in [3.63, 3.8) is 0 Å². The fourth-order valence-corrected chi connectivity index (χ4v) is 3.81. The van der Waals surface area contributed by atoms with Crippen LogP contribution in [0.25, 0.3) is 0 Å².